The SMILES string of the molecule is CCOCCn1nc(C)cc1C(=O)NCc1nnnn1-c1ccccc1. The molecule has 0 radical (unpaired) electrons. The second kappa shape index (κ2) is 8.34. The molecule has 0 aliphatic carbocycles. The first-order chi connectivity index (χ1) is 12.7. The van der Waals surface area contributed by atoms with Crippen LogP contribution >= 0.6 is 0 Å². The molecule has 0 aliphatic rings. The van der Waals surface area contributed by atoms with E-state index in [1.165, 1.54) is 0 Å². The third kappa shape index (κ3) is 4.12. The summed E-state index contributed by atoms with van der Waals surface area (Å²) < 4.78 is 8.59. The highest BCUT2D eigenvalue weighted by Crippen LogP contribution is 2.08. The van der Waals surface area contributed by atoms with Crippen molar-refractivity contribution in [3.8, 4) is 5.69 Å². The van der Waals surface area contributed by atoms with Crippen molar-refractivity contribution in [2.45, 2.75) is 26.9 Å². The van der Waals surface area contributed by atoms with Crippen LogP contribution < -0.4 is 5.32 Å². The summed E-state index contributed by atoms with van der Waals surface area (Å²) in [5.41, 5.74) is 2.10. The minimum absolute atomic E-state index is 0.205. The molecular weight excluding hydrogens is 334 g/mol. The topological polar surface area (TPSA) is 99.8 Å². The van der Waals surface area contributed by atoms with E-state index in [2.05, 4.69) is 25.9 Å². The van der Waals surface area contributed by atoms with Gasteiger partial charge in [-0.05, 0) is 42.5 Å². The normalized spacial score (nSPS) is 10.8. The van der Waals surface area contributed by atoms with Crippen molar-refractivity contribution in [2.75, 3.05) is 13.2 Å². The molecule has 0 bridgehead atoms. The Hall–Kier alpha value is -3.07. The van der Waals surface area contributed by atoms with E-state index in [0.717, 1.165) is 11.4 Å². The van der Waals surface area contributed by atoms with E-state index in [0.29, 0.717) is 31.3 Å². The van der Waals surface area contributed by atoms with Gasteiger partial charge in [-0.15, -0.1) is 5.10 Å². The molecule has 9 nitrogen and oxygen atoms in total. The molecule has 2 aromatic heterocycles. The molecule has 0 unspecified atom stereocenters. The molecule has 2 heterocycles. The lowest BCUT2D eigenvalue weighted by atomic mass is 10.3. The van der Waals surface area contributed by atoms with Crippen LogP contribution in [0.25, 0.3) is 5.69 Å². The lowest BCUT2D eigenvalue weighted by Gasteiger charge is -2.09. The number of nitrogens with zero attached hydrogens (tertiary/aromatic N) is 6. The summed E-state index contributed by atoms with van der Waals surface area (Å²) in [5, 5.41) is 18.9. The van der Waals surface area contributed by atoms with Crippen molar-refractivity contribution < 1.29 is 9.53 Å². The van der Waals surface area contributed by atoms with Crippen LogP contribution in [-0.2, 0) is 17.8 Å². The Bertz CT molecular complexity index is 857. The number of carbonyl (C=O) groups excluding carboxylic acids is 1. The van der Waals surface area contributed by atoms with Gasteiger partial charge in [-0.1, -0.05) is 18.2 Å². The fourth-order valence-corrected chi connectivity index (χ4v) is 2.53. The summed E-state index contributed by atoms with van der Waals surface area (Å²) in [4.78, 5) is 12.6. The third-order valence-electron chi connectivity index (χ3n) is 3.73. The Morgan fingerprint density at radius 3 is 2.85 bits per heavy atom. The number of tetrazole rings is 1. The number of aryl methyl sites for hydroxylation is 1. The fourth-order valence-electron chi connectivity index (χ4n) is 2.53. The molecular formula is C17H21N7O2. The highest BCUT2D eigenvalue weighted by atomic mass is 16.5. The first kappa shape index (κ1) is 17.7. The fraction of sp³-hybridized carbons (Fsp3) is 0.353. The van der Waals surface area contributed by atoms with Gasteiger partial charge in [-0.2, -0.15) is 9.78 Å². The van der Waals surface area contributed by atoms with Crippen LogP contribution in [0.15, 0.2) is 36.4 Å². The molecule has 1 N–H and O–H groups in total. The maximum atomic E-state index is 12.6. The monoisotopic (exact) mass is 355 g/mol. The highest BCUT2D eigenvalue weighted by molar-refractivity contribution is 5.92. The van der Waals surface area contributed by atoms with E-state index < -0.39 is 0 Å². The molecule has 0 atom stereocenters. The van der Waals surface area contributed by atoms with E-state index in [-0.39, 0.29) is 12.5 Å². The van der Waals surface area contributed by atoms with Gasteiger partial charge in [0.2, 0.25) is 0 Å². The predicted molar refractivity (Wildman–Crippen MR) is 93.8 cm³/mol. The summed E-state index contributed by atoms with van der Waals surface area (Å²) in [6, 6.07) is 11.3. The second-order valence-corrected chi connectivity index (χ2v) is 5.62. The van der Waals surface area contributed by atoms with Crippen molar-refractivity contribution in [2.24, 2.45) is 0 Å². The molecule has 0 aliphatic heterocycles. The number of ether oxygens (including phenoxy) is 1. The molecule has 3 aromatic rings. The van der Waals surface area contributed by atoms with Gasteiger partial charge >= 0.3 is 0 Å². The smallest absolute Gasteiger partial charge is 0.269 e. The van der Waals surface area contributed by atoms with Crippen molar-refractivity contribution in [3.63, 3.8) is 0 Å². The first-order valence-corrected chi connectivity index (χ1v) is 8.42. The van der Waals surface area contributed by atoms with Crippen LogP contribution in [0, 0.1) is 6.92 Å². The summed E-state index contributed by atoms with van der Waals surface area (Å²) in [7, 11) is 0. The number of amides is 1. The number of nitrogens with one attached hydrogen (secondary N) is 1. The molecule has 0 fully saturated rings. The number of rotatable bonds is 8. The van der Waals surface area contributed by atoms with Crippen molar-refractivity contribution in [1.82, 2.24) is 35.3 Å². The number of aromatic nitrogens is 6. The largest absolute Gasteiger partial charge is 0.380 e. The standard InChI is InChI=1S/C17H21N7O2/c1-3-26-10-9-23-15(11-13(2)20-23)17(25)18-12-16-19-21-22-24(16)14-7-5-4-6-8-14/h4-8,11H,3,9-10,12H2,1-2H3,(H,18,25). The maximum Gasteiger partial charge on any atom is 0.269 e. The Morgan fingerprint density at radius 1 is 1.27 bits per heavy atom. The number of benzene rings is 1. The summed E-state index contributed by atoms with van der Waals surface area (Å²) >= 11 is 0. The van der Waals surface area contributed by atoms with Crippen molar-refractivity contribution in [1.29, 1.82) is 0 Å². The lowest BCUT2D eigenvalue weighted by Crippen LogP contribution is -2.27. The van der Waals surface area contributed by atoms with Crippen LogP contribution in [0.5, 0.6) is 0 Å². The van der Waals surface area contributed by atoms with E-state index >= 15 is 0 Å². The van der Waals surface area contributed by atoms with Crippen LogP contribution in [0.1, 0.15) is 28.9 Å². The number of hydrogen-bond donors (Lipinski definition) is 1. The van der Waals surface area contributed by atoms with Gasteiger partial charge in [0.15, 0.2) is 5.82 Å². The van der Waals surface area contributed by atoms with E-state index in [1.807, 2.05) is 44.2 Å². The molecule has 3 rings (SSSR count). The summed E-state index contributed by atoms with van der Waals surface area (Å²) in [6.45, 7) is 5.64. The minimum Gasteiger partial charge on any atom is -0.380 e. The average molecular weight is 355 g/mol. The van der Waals surface area contributed by atoms with Crippen LogP contribution in [0.3, 0.4) is 0 Å². The number of para-hydroxylation sites is 1. The molecule has 26 heavy (non-hydrogen) atoms. The quantitative estimate of drug-likeness (QED) is 0.608. The zero-order chi connectivity index (χ0) is 18.4. The van der Waals surface area contributed by atoms with Gasteiger partial charge in [-0.3, -0.25) is 9.48 Å². The van der Waals surface area contributed by atoms with Gasteiger partial charge < -0.3 is 10.1 Å². The molecule has 1 aromatic carbocycles. The Kier molecular flexibility index (Phi) is 5.69. The van der Waals surface area contributed by atoms with Crippen LogP contribution in [0.4, 0.5) is 0 Å². The minimum atomic E-state index is -0.232. The number of hydrogen-bond acceptors (Lipinski definition) is 6. The first-order valence-electron chi connectivity index (χ1n) is 8.42. The Balaban J connectivity index is 1.68. The zero-order valence-electron chi connectivity index (χ0n) is 14.8. The molecule has 0 spiro atoms. The zero-order valence-corrected chi connectivity index (χ0v) is 14.8. The maximum absolute atomic E-state index is 12.6. The van der Waals surface area contributed by atoms with E-state index in [4.69, 9.17) is 4.74 Å². The second-order valence-electron chi connectivity index (χ2n) is 5.62. The van der Waals surface area contributed by atoms with E-state index in [9.17, 15) is 4.79 Å². The van der Waals surface area contributed by atoms with Gasteiger partial charge in [0.1, 0.15) is 5.69 Å². The van der Waals surface area contributed by atoms with Crippen molar-refractivity contribution >= 4 is 5.91 Å². The summed E-state index contributed by atoms with van der Waals surface area (Å²) in [5.74, 6) is 0.311. The highest BCUT2D eigenvalue weighted by Gasteiger charge is 2.15. The molecule has 136 valence electrons. The predicted octanol–water partition coefficient (Wildman–Crippen LogP) is 1.13. The molecule has 1 amide bonds. The molecule has 0 saturated heterocycles. The summed E-state index contributed by atoms with van der Waals surface area (Å²) in [6.07, 6.45) is 0. The average Bonchev–Trinajstić information content (AvgIpc) is 3.27. The van der Waals surface area contributed by atoms with Gasteiger partial charge in [-0.25, -0.2) is 0 Å². The number of carbonyl (C=O) groups is 1. The molecule has 9 heteroatoms. The van der Waals surface area contributed by atoms with Gasteiger partial charge in [0.25, 0.3) is 5.91 Å². The Labute approximate surface area is 151 Å². The van der Waals surface area contributed by atoms with Gasteiger partial charge in [0.05, 0.1) is 31.1 Å². The lowest BCUT2D eigenvalue weighted by molar-refractivity contribution is 0.0931. The Morgan fingerprint density at radius 2 is 2.08 bits per heavy atom. The molecule has 0 saturated carbocycles. The van der Waals surface area contributed by atoms with Crippen LogP contribution in [0.2, 0.25) is 0 Å². The third-order valence-corrected chi connectivity index (χ3v) is 3.73. The van der Waals surface area contributed by atoms with Gasteiger partial charge in [0, 0.05) is 6.61 Å². The van der Waals surface area contributed by atoms with Crippen molar-refractivity contribution in [3.05, 3.63) is 53.6 Å². The van der Waals surface area contributed by atoms with Crippen LogP contribution in [-0.4, -0.2) is 49.1 Å². The van der Waals surface area contributed by atoms with E-state index in [1.54, 1.807) is 15.4 Å².